The van der Waals surface area contributed by atoms with Gasteiger partial charge in [-0.3, -0.25) is 0 Å². The number of morpholine rings is 1. The Morgan fingerprint density at radius 3 is 0.889 bits per heavy atom. The van der Waals surface area contributed by atoms with Crippen molar-refractivity contribution in [2.75, 3.05) is 52.5 Å². The first-order valence-electron chi connectivity index (χ1n) is 7.70. The number of hydrogen-bond acceptors (Lipinski definition) is 4. The number of piperazine rings is 1. The van der Waals surface area contributed by atoms with E-state index in [0.717, 1.165) is 52.5 Å². The molecule has 3 N–H and O–H groups in total. The van der Waals surface area contributed by atoms with Gasteiger partial charge < -0.3 is 20.7 Å². The molecule has 2 fully saturated rings. The molecular weight excluding hydrogens is 226 g/mol. The first-order chi connectivity index (χ1) is 9.00. The van der Waals surface area contributed by atoms with Gasteiger partial charge in [0.15, 0.2) is 0 Å². The molecule has 0 spiro atoms. The highest BCUT2D eigenvalue weighted by Crippen LogP contribution is 1.76. The third-order valence-electron chi connectivity index (χ3n) is 1.80. The largest absolute Gasteiger partial charge is 0.379 e. The van der Waals surface area contributed by atoms with Gasteiger partial charge in [0.05, 0.1) is 13.2 Å². The summed E-state index contributed by atoms with van der Waals surface area (Å²) in [6, 6.07) is 0. The van der Waals surface area contributed by atoms with Crippen molar-refractivity contribution in [3.63, 3.8) is 0 Å². The standard InChI is InChI=1S/C4H10N2.C4H9NO.3C2H6/c1-2-6-4-3-5-1;1-3-6-4-2-5-1;3*1-2/h5-6H,1-4H2;5H,1-4H2;3*1-2H3. The van der Waals surface area contributed by atoms with E-state index in [1.165, 1.54) is 0 Å². The van der Waals surface area contributed by atoms with Crippen molar-refractivity contribution >= 4 is 0 Å². The van der Waals surface area contributed by atoms with Crippen LogP contribution >= 0.6 is 0 Å². The molecule has 0 saturated carbocycles. The SMILES string of the molecule is C1CNCCN1.C1COCCN1.CC.CC.CC. The molecule has 18 heavy (non-hydrogen) atoms. The van der Waals surface area contributed by atoms with Crippen LogP contribution in [0, 0.1) is 0 Å². The van der Waals surface area contributed by atoms with Gasteiger partial charge in [0.2, 0.25) is 0 Å². The van der Waals surface area contributed by atoms with Crippen molar-refractivity contribution in [3.05, 3.63) is 0 Å². The molecule has 4 heteroatoms. The Labute approximate surface area is 115 Å². The zero-order valence-electron chi connectivity index (χ0n) is 13.6. The summed E-state index contributed by atoms with van der Waals surface area (Å²) in [5.41, 5.74) is 0. The molecule has 2 saturated heterocycles. The van der Waals surface area contributed by atoms with Gasteiger partial charge in [-0.15, -0.1) is 0 Å². The summed E-state index contributed by atoms with van der Waals surface area (Å²) in [7, 11) is 0. The summed E-state index contributed by atoms with van der Waals surface area (Å²) in [6.07, 6.45) is 0. The van der Waals surface area contributed by atoms with Gasteiger partial charge in [-0.25, -0.2) is 0 Å². The second-order valence-electron chi connectivity index (χ2n) is 2.86. The zero-order valence-corrected chi connectivity index (χ0v) is 13.6. The van der Waals surface area contributed by atoms with Crippen LogP contribution in [-0.2, 0) is 4.74 Å². The van der Waals surface area contributed by atoms with Gasteiger partial charge in [0, 0.05) is 39.3 Å². The molecule has 2 aliphatic heterocycles. The fourth-order valence-corrected chi connectivity index (χ4v) is 1.12. The van der Waals surface area contributed by atoms with Crippen molar-refractivity contribution in [1.29, 1.82) is 0 Å². The summed E-state index contributed by atoms with van der Waals surface area (Å²) in [6.45, 7) is 20.4. The highest BCUT2D eigenvalue weighted by atomic mass is 16.5. The smallest absolute Gasteiger partial charge is 0.0591 e. The average Bonchev–Trinajstić information content (AvgIpc) is 2.57. The molecule has 0 unspecified atom stereocenters. The van der Waals surface area contributed by atoms with Crippen LogP contribution in [0.4, 0.5) is 0 Å². The molecule has 2 heterocycles. The molecule has 0 bridgehead atoms. The van der Waals surface area contributed by atoms with Gasteiger partial charge in [-0.1, -0.05) is 41.5 Å². The van der Waals surface area contributed by atoms with Gasteiger partial charge >= 0.3 is 0 Å². The van der Waals surface area contributed by atoms with E-state index in [1.54, 1.807) is 0 Å². The summed E-state index contributed by atoms with van der Waals surface area (Å²) in [5.74, 6) is 0. The number of rotatable bonds is 0. The molecule has 0 atom stereocenters. The quantitative estimate of drug-likeness (QED) is 0.624. The Hall–Kier alpha value is -0.160. The van der Waals surface area contributed by atoms with E-state index in [0.29, 0.717) is 0 Å². The maximum absolute atomic E-state index is 5.01. The van der Waals surface area contributed by atoms with Gasteiger partial charge in [0.1, 0.15) is 0 Å². The van der Waals surface area contributed by atoms with Crippen molar-refractivity contribution < 1.29 is 4.74 Å². The highest BCUT2D eigenvalue weighted by molar-refractivity contribution is 4.59. The van der Waals surface area contributed by atoms with Gasteiger partial charge in [-0.2, -0.15) is 0 Å². The maximum Gasteiger partial charge on any atom is 0.0591 e. The highest BCUT2D eigenvalue weighted by Gasteiger charge is 1.93. The van der Waals surface area contributed by atoms with E-state index < -0.39 is 0 Å². The molecule has 2 rings (SSSR count). The summed E-state index contributed by atoms with van der Waals surface area (Å²) < 4.78 is 5.01. The molecule has 0 amide bonds. The lowest BCUT2D eigenvalue weighted by atomic mass is 10.4. The van der Waals surface area contributed by atoms with Crippen molar-refractivity contribution in [2.45, 2.75) is 41.5 Å². The van der Waals surface area contributed by atoms with E-state index in [1.807, 2.05) is 41.5 Å². The first-order valence-corrected chi connectivity index (χ1v) is 7.70. The molecule has 0 aromatic carbocycles. The lowest BCUT2D eigenvalue weighted by molar-refractivity contribution is 0.109. The summed E-state index contributed by atoms with van der Waals surface area (Å²) in [4.78, 5) is 0. The van der Waals surface area contributed by atoms with Crippen molar-refractivity contribution in [3.8, 4) is 0 Å². The van der Waals surface area contributed by atoms with E-state index in [2.05, 4.69) is 16.0 Å². The molecular formula is C14H37N3O. The third kappa shape index (κ3) is 24.9. The average molecular weight is 263 g/mol. The van der Waals surface area contributed by atoms with E-state index in [-0.39, 0.29) is 0 Å². The second-order valence-corrected chi connectivity index (χ2v) is 2.86. The summed E-state index contributed by atoms with van der Waals surface area (Å²) in [5, 5.41) is 9.60. The van der Waals surface area contributed by atoms with Crippen LogP contribution in [-0.4, -0.2) is 52.5 Å². The minimum absolute atomic E-state index is 0.889. The van der Waals surface area contributed by atoms with Crippen LogP contribution < -0.4 is 16.0 Å². The van der Waals surface area contributed by atoms with Crippen LogP contribution in [0.3, 0.4) is 0 Å². The minimum atomic E-state index is 0.889. The lowest BCUT2D eigenvalue weighted by Gasteiger charge is -2.11. The molecule has 2 aliphatic rings. The third-order valence-corrected chi connectivity index (χ3v) is 1.80. The monoisotopic (exact) mass is 263 g/mol. The van der Waals surface area contributed by atoms with E-state index >= 15 is 0 Å². The molecule has 114 valence electrons. The first kappa shape index (κ1) is 23.0. The zero-order chi connectivity index (χ0) is 14.5. The number of hydrogen-bond donors (Lipinski definition) is 3. The Balaban J connectivity index is -0.000000178. The molecule has 0 aromatic rings. The molecule has 0 aromatic heterocycles. The topological polar surface area (TPSA) is 45.3 Å². The Bertz CT molecular complexity index is 60.0. The number of nitrogens with one attached hydrogen (secondary N) is 3. The van der Waals surface area contributed by atoms with Crippen LogP contribution in [0.25, 0.3) is 0 Å². The molecule has 4 nitrogen and oxygen atoms in total. The van der Waals surface area contributed by atoms with Gasteiger partial charge in [0.25, 0.3) is 0 Å². The van der Waals surface area contributed by atoms with Crippen LogP contribution in [0.15, 0.2) is 0 Å². The predicted molar refractivity (Wildman–Crippen MR) is 83.5 cm³/mol. The van der Waals surface area contributed by atoms with Crippen LogP contribution in [0.1, 0.15) is 41.5 Å². The minimum Gasteiger partial charge on any atom is -0.379 e. The predicted octanol–water partition coefficient (Wildman–Crippen LogP) is 1.86. The number of ether oxygens (including phenoxy) is 1. The van der Waals surface area contributed by atoms with Crippen molar-refractivity contribution in [1.82, 2.24) is 16.0 Å². The summed E-state index contributed by atoms with van der Waals surface area (Å²) >= 11 is 0. The normalized spacial score (nSPS) is 17.0. The molecule has 0 aliphatic carbocycles. The Kier molecular flexibility index (Phi) is 38.5. The second kappa shape index (κ2) is 30.1. The van der Waals surface area contributed by atoms with E-state index in [4.69, 9.17) is 4.74 Å². The van der Waals surface area contributed by atoms with Crippen LogP contribution in [0.2, 0.25) is 0 Å². The fourth-order valence-electron chi connectivity index (χ4n) is 1.12. The fraction of sp³-hybridized carbons (Fsp3) is 1.00. The Morgan fingerprint density at radius 1 is 0.500 bits per heavy atom. The maximum atomic E-state index is 5.01. The lowest BCUT2D eigenvalue weighted by Crippen LogP contribution is -2.39. The van der Waals surface area contributed by atoms with Crippen molar-refractivity contribution in [2.24, 2.45) is 0 Å². The Morgan fingerprint density at radius 2 is 0.778 bits per heavy atom. The molecule has 0 radical (unpaired) electrons. The van der Waals surface area contributed by atoms with E-state index in [9.17, 15) is 0 Å². The van der Waals surface area contributed by atoms with Crippen LogP contribution in [0.5, 0.6) is 0 Å². The van der Waals surface area contributed by atoms with Gasteiger partial charge in [-0.05, 0) is 0 Å².